The Bertz CT molecular complexity index is 1050. The van der Waals surface area contributed by atoms with Crippen molar-refractivity contribution in [1.82, 2.24) is 10.2 Å². The van der Waals surface area contributed by atoms with Gasteiger partial charge in [-0.15, -0.1) is 0 Å². The van der Waals surface area contributed by atoms with Crippen molar-refractivity contribution >= 4 is 29.2 Å². The molecule has 2 aliphatic rings. The fraction of sp³-hybridized carbons (Fsp3) is 0.444. The van der Waals surface area contributed by atoms with Gasteiger partial charge in [0.1, 0.15) is 17.8 Å². The molecule has 4 rings (SSSR count). The molecule has 0 radical (unpaired) electrons. The van der Waals surface area contributed by atoms with Crippen LogP contribution in [0.15, 0.2) is 48.5 Å². The predicted molar refractivity (Wildman–Crippen MR) is 136 cm³/mol. The summed E-state index contributed by atoms with van der Waals surface area (Å²) in [6.07, 6.45) is 5.98. The summed E-state index contributed by atoms with van der Waals surface area (Å²) in [6.45, 7) is 3.48. The number of carbonyl (C=O) groups excluding carboxylic acids is 3. The number of aryl methyl sites for hydroxylation is 1. The predicted octanol–water partition coefficient (Wildman–Crippen LogP) is 3.96. The quantitative estimate of drug-likeness (QED) is 0.561. The topological polar surface area (TPSA) is 91.0 Å². The SMILES string of the molecule is COc1ccc(CC[C@@]2(C)NC(=O)N(CC(=O)Nc3ccc(N4CCCCCC4)cc3)C2=O)cc1. The molecule has 0 aromatic heterocycles. The fourth-order valence-corrected chi connectivity index (χ4v) is 4.68. The molecule has 0 unspecified atom stereocenters. The second-order valence-corrected chi connectivity index (χ2v) is 9.50. The number of hydrogen-bond donors (Lipinski definition) is 2. The Kier molecular flexibility index (Phi) is 7.58. The van der Waals surface area contributed by atoms with E-state index < -0.39 is 17.5 Å². The van der Waals surface area contributed by atoms with Crippen LogP contribution in [0.2, 0.25) is 0 Å². The Morgan fingerprint density at radius 2 is 1.66 bits per heavy atom. The Labute approximate surface area is 206 Å². The van der Waals surface area contributed by atoms with E-state index in [1.807, 2.05) is 48.5 Å². The highest BCUT2D eigenvalue weighted by atomic mass is 16.5. The zero-order valence-corrected chi connectivity index (χ0v) is 20.5. The molecule has 8 heteroatoms. The lowest BCUT2D eigenvalue weighted by Crippen LogP contribution is -2.45. The number of methoxy groups -OCH3 is 1. The van der Waals surface area contributed by atoms with Gasteiger partial charge in [-0.1, -0.05) is 25.0 Å². The maximum Gasteiger partial charge on any atom is 0.325 e. The van der Waals surface area contributed by atoms with E-state index in [1.165, 1.54) is 25.7 Å². The second kappa shape index (κ2) is 10.8. The Balaban J connectivity index is 1.31. The molecule has 2 aliphatic heterocycles. The molecule has 0 saturated carbocycles. The fourth-order valence-electron chi connectivity index (χ4n) is 4.68. The van der Waals surface area contributed by atoms with Crippen molar-refractivity contribution < 1.29 is 19.1 Å². The third kappa shape index (κ3) is 5.93. The highest BCUT2D eigenvalue weighted by Crippen LogP contribution is 2.25. The van der Waals surface area contributed by atoms with Crippen LogP contribution in [0.25, 0.3) is 0 Å². The maximum atomic E-state index is 13.0. The standard InChI is InChI=1S/C27H34N4O4/c1-27(16-15-20-7-13-23(35-2)14-8-20)25(33)31(26(34)29-27)19-24(32)28-21-9-11-22(12-10-21)30-17-5-3-4-6-18-30/h7-14H,3-6,15-19H2,1-2H3,(H,28,32)(H,29,34)/t27-/m1/s1. The lowest BCUT2D eigenvalue weighted by molar-refractivity contribution is -0.133. The van der Waals surface area contributed by atoms with E-state index in [2.05, 4.69) is 15.5 Å². The molecule has 0 aliphatic carbocycles. The first-order valence-electron chi connectivity index (χ1n) is 12.3. The van der Waals surface area contributed by atoms with Gasteiger partial charge in [-0.05, 0) is 74.6 Å². The number of anilines is 2. The van der Waals surface area contributed by atoms with Crippen molar-refractivity contribution in [2.75, 3.05) is 37.0 Å². The number of carbonyl (C=O) groups is 3. The Morgan fingerprint density at radius 3 is 2.29 bits per heavy atom. The van der Waals surface area contributed by atoms with E-state index in [1.54, 1.807) is 14.0 Å². The van der Waals surface area contributed by atoms with Gasteiger partial charge in [-0.3, -0.25) is 14.5 Å². The van der Waals surface area contributed by atoms with Crippen molar-refractivity contribution in [2.24, 2.45) is 0 Å². The number of nitrogens with zero attached hydrogens (tertiary/aromatic N) is 2. The van der Waals surface area contributed by atoms with Crippen LogP contribution in [0.3, 0.4) is 0 Å². The van der Waals surface area contributed by atoms with Gasteiger partial charge < -0.3 is 20.3 Å². The summed E-state index contributed by atoms with van der Waals surface area (Å²) in [5.41, 5.74) is 1.77. The van der Waals surface area contributed by atoms with Crippen LogP contribution in [0.1, 0.15) is 44.6 Å². The van der Waals surface area contributed by atoms with E-state index in [0.29, 0.717) is 18.5 Å². The van der Waals surface area contributed by atoms with Gasteiger partial charge in [-0.25, -0.2) is 4.79 Å². The lowest BCUT2D eigenvalue weighted by atomic mass is 9.93. The van der Waals surface area contributed by atoms with E-state index in [9.17, 15) is 14.4 Å². The largest absolute Gasteiger partial charge is 0.497 e. The third-order valence-corrected chi connectivity index (χ3v) is 6.84. The van der Waals surface area contributed by atoms with Gasteiger partial charge in [0.2, 0.25) is 5.91 Å². The number of benzene rings is 2. The Hall–Kier alpha value is -3.55. The average Bonchev–Trinajstić information content (AvgIpc) is 3.05. The molecule has 2 aromatic carbocycles. The number of amides is 4. The first kappa shape index (κ1) is 24.6. The highest BCUT2D eigenvalue weighted by molar-refractivity contribution is 6.09. The highest BCUT2D eigenvalue weighted by Gasteiger charge is 2.47. The second-order valence-electron chi connectivity index (χ2n) is 9.50. The molecule has 1 atom stereocenters. The zero-order valence-electron chi connectivity index (χ0n) is 20.5. The van der Waals surface area contributed by atoms with E-state index in [0.717, 1.165) is 35.0 Å². The molecule has 35 heavy (non-hydrogen) atoms. The minimum Gasteiger partial charge on any atom is -0.497 e. The summed E-state index contributed by atoms with van der Waals surface area (Å²) in [6, 6.07) is 14.8. The lowest BCUT2D eigenvalue weighted by Gasteiger charge is -2.23. The van der Waals surface area contributed by atoms with Crippen molar-refractivity contribution in [3.63, 3.8) is 0 Å². The minimum atomic E-state index is -1.05. The number of nitrogens with one attached hydrogen (secondary N) is 2. The van der Waals surface area contributed by atoms with Gasteiger partial charge in [-0.2, -0.15) is 0 Å². The van der Waals surface area contributed by atoms with Gasteiger partial charge in [0.05, 0.1) is 7.11 Å². The van der Waals surface area contributed by atoms with Gasteiger partial charge in [0, 0.05) is 24.5 Å². The van der Waals surface area contributed by atoms with Crippen LogP contribution in [0.5, 0.6) is 5.75 Å². The van der Waals surface area contributed by atoms with Crippen molar-refractivity contribution in [1.29, 1.82) is 0 Å². The third-order valence-electron chi connectivity index (χ3n) is 6.84. The van der Waals surface area contributed by atoms with Gasteiger partial charge >= 0.3 is 6.03 Å². The summed E-state index contributed by atoms with van der Waals surface area (Å²) in [5, 5.41) is 5.57. The molecule has 0 bridgehead atoms. The van der Waals surface area contributed by atoms with E-state index in [-0.39, 0.29) is 12.5 Å². The smallest absolute Gasteiger partial charge is 0.325 e. The van der Waals surface area contributed by atoms with Crippen molar-refractivity contribution in [2.45, 2.75) is 51.0 Å². The summed E-state index contributed by atoms with van der Waals surface area (Å²) in [5.74, 6) is -0.0305. The molecule has 0 spiro atoms. The zero-order chi connectivity index (χ0) is 24.8. The molecule has 186 valence electrons. The molecule has 2 fully saturated rings. The molecule has 2 heterocycles. The van der Waals surface area contributed by atoms with E-state index in [4.69, 9.17) is 4.74 Å². The minimum absolute atomic E-state index is 0.323. The van der Waals surface area contributed by atoms with Crippen molar-refractivity contribution in [3.05, 3.63) is 54.1 Å². The maximum absolute atomic E-state index is 13.0. The molecule has 2 saturated heterocycles. The summed E-state index contributed by atoms with van der Waals surface area (Å²) < 4.78 is 5.17. The van der Waals surface area contributed by atoms with Crippen LogP contribution < -0.4 is 20.3 Å². The molecule has 2 aromatic rings. The number of urea groups is 1. The van der Waals surface area contributed by atoms with Crippen LogP contribution in [0, 0.1) is 0 Å². The molecular weight excluding hydrogens is 444 g/mol. The molecular formula is C27H34N4O4. The number of rotatable bonds is 8. The first-order chi connectivity index (χ1) is 16.9. The van der Waals surface area contributed by atoms with Crippen LogP contribution in [-0.2, 0) is 16.0 Å². The number of ether oxygens (including phenoxy) is 1. The van der Waals surface area contributed by atoms with Crippen molar-refractivity contribution in [3.8, 4) is 5.75 Å². The number of imide groups is 1. The van der Waals surface area contributed by atoms with Crippen LogP contribution >= 0.6 is 0 Å². The van der Waals surface area contributed by atoms with E-state index >= 15 is 0 Å². The Morgan fingerprint density at radius 1 is 1.00 bits per heavy atom. The van der Waals surface area contributed by atoms with Gasteiger partial charge in [0.25, 0.3) is 5.91 Å². The molecule has 8 nitrogen and oxygen atoms in total. The van der Waals surface area contributed by atoms with Crippen LogP contribution in [0.4, 0.5) is 16.2 Å². The summed E-state index contributed by atoms with van der Waals surface area (Å²) in [7, 11) is 1.61. The molecule has 4 amide bonds. The average molecular weight is 479 g/mol. The summed E-state index contributed by atoms with van der Waals surface area (Å²) in [4.78, 5) is 41.6. The number of hydrogen-bond acceptors (Lipinski definition) is 5. The summed E-state index contributed by atoms with van der Waals surface area (Å²) >= 11 is 0. The molecule has 2 N–H and O–H groups in total. The van der Waals surface area contributed by atoms with Crippen LogP contribution in [-0.4, -0.2) is 55.0 Å². The van der Waals surface area contributed by atoms with Gasteiger partial charge in [0.15, 0.2) is 0 Å². The normalized spacial score (nSPS) is 20.4. The first-order valence-corrected chi connectivity index (χ1v) is 12.3. The monoisotopic (exact) mass is 478 g/mol.